The van der Waals surface area contributed by atoms with Crippen LogP contribution in [-0.4, -0.2) is 10.2 Å². The van der Waals surface area contributed by atoms with E-state index in [1.54, 1.807) is 0 Å². The average molecular weight is 187 g/mol. The standard InChI is InChI=1S/C5H10OS2.ClH/c1-2-3-4-8-5(6)7;/h2-4H2,1H3,(H,6,7);1H. The molecule has 0 aliphatic rings. The number of hydrogen-bond acceptors (Lipinski definition) is 2. The van der Waals surface area contributed by atoms with E-state index in [9.17, 15) is 4.79 Å². The van der Waals surface area contributed by atoms with Crippen LogP contribution in [0.2, 0.25) is 0 Å². The van der Waals surface area contributed by atoms with Crippen LogP contribution < -0.4 is 0 Å². The molecular formula is C5H11ClOS2. The van der Waals surface area contributed by atoms with E-state index in [2.05, 4.69) is 19.6 Å². The van der Waals surface area contributed by atoms with Crippen molar-refractivity contribution in [1.29, 1.82) is 0 Å². The fourth-order valence-electron chi connectivity index (χ4n) is 0.304. The Balaban J connectivity index is 0. The Bertz CT molecular complexity index is 77.4. The van der Waals surface area contributed by atoms with Gasteiger partial charge in [-0.1, -0.05) is 37.7 Å². The van der Waals surface area contributed by atoms with E-state index >= 15 is 0 Å². The highest BCUT2D eigenvalue weighted by Gasteiger charge is 1.91. The molecule has 0 atom stereocenters. The highest BCUT2D eigenvalue weighted by molar-refractivity contribution is 8.32. The molecule has 0 aliphatic heterocycles. The quantitative estimate of drug-likeness (QED) is 0.539. The Kier molecular flexibility index (Phi) is 11.9. The van der Waals surface area contributed by atoms with Gasteiger partial charge in [-0.25, -0.2) is 0 Å². The molecule has 0 saturated carbocycles. The molecule has 0 unspecified atom stereocenters. The first kappa shape index (κ1) is 12.3. The summed E-state index contributed by atoms with van der Waals surface area (Å²) in [5, 5.41) is 0. The van der Waals surface area contributed by atoms with Gasteiger partial charge in [0, 0.05) is 5.75 Å². The van der Waals surface area contributed by atoms with Gasteiger partial charge in [0.15, 0.2) is 0 Å². The number of thioether (sulfide) groups is 1. The molecule has 0 rings (SSSR count). The highest BCUT2D eigenvalue weighted by Crippen LogP contribution is 2.08. The van der Waals surface area contributed by atoms with E-state index in [0.717, 1.165) is 18.6 Å². The van der Waals surface area contributed by atoms with E-state index in [-0.39, 0.29) is 16.9 Å². The Hall–Kier alpha value is 0.660. The second-order valence-corrected chi connectivity index (χ2v) is 3.24. The van der Waals surface area contributed by atoms with Crippen molar-refractivity contribution in [2.24, 2.45) is 0 Å². The predicted molar refractivity (Wildman–Crippen MR) is 49.0 cm³/mol. The van der Waals surface area contributed by atoms with Crippen molar-refractivity contribution in [2.75, 3.05) is 5.75 Å². The number of carbonyl (C=O) groups excluding carboxylic acids is 1. The van der Waals surface area contributed by atoms with Gasteiger partial charge in [0.2, 0.25) is 4.45 Å². The monoisotopic (exact) mass is 186 g/mol. The zero-order chi connectivity index (χ0) is 6.41. The minimum Gasteiger partial charge on any atom is -0.275 e. The molecule has 0 spiro atoms. The number of rotatable bonds is 3. The maximum atomic E-state index is 10.1. The molecule has 0 aliphatic carbocycles. The molecule has 0 aromatic heterocycles. The molecule has 0 amide bonds. The topological polar surface area (TPSA) is 17.1 Å². The summed E-state index contributed by atoms with van der Waals surface area (Å²) in [5.41, 5.74) is 0. The smallest absolute Gasteiger partial charge is 0.243 e. The first-order valence-corrected chi connectivity index (χ1v) is 4.06. The lowest BCUT2D eigenvalue weighted by atomic mass is 10.4. The van der Waals surface area contributed by atoms with Crippen LogP contribution in [0, 0.1) is 0 Å². The molecule has 0 N–H and O–H groups in total. The molecule has 0 heterocycles. The van der Waals surface area contributed by atoms with E-state index in [0.29, 0.717) is 0 Å². The van der Waals surface area contributed by atoms with Gasteiger partial charge < -0.3 is 0 Å². The van der Waals surface area contributed by atoms with Crippen LogP contribution in [0.3, 0.4) is 0 Å². The lowest BCUT2D eigenvalue weighted by Gasteiger charge is -1.89. The Morgan fingerprint density at radius 1 is 1.67 bits per heavy atom. The van der Waals surface area contributed by atoms with Crippen molar-refractivity contribution in [2.45, 2.75) is 19.8 Å². The fraction of sp³-hybridized carbons (Fsp3) is 0.800. The van der Waals surface area contributed by atoms with Crippen LogP contribution in [0.5, 0.6) is 0 Å². The van der Waals surface area contributed by atoms with Crippen molar-refractivity contribution in [3.63, 3.8) is 0 Å². The Morgan fingerprint density at radius 3 is 2.56 bits per heavy atom. The maximum Gasteiger partial charge on any atom is 0.243 e. The minimum absolute atomic E-state index is 0. The van der Waals surface area contributed by atoms with Gasteiger partial charge in [-0.05, 0) is 6.42 Å². The van der Waals surface area contributed by atoms with Gasteiger partial charge in [0.1, 0.15) is 0 Å². The van der Waals surface area contributed by atoms with E-state index < -0.39 is 0 Å². The van der Waals surface area contributed by atoms with Crippen molar-refractivity contribution in [1.82, 2.24) is 0 Å². The predicted octanol–water partition coefficient (Wildman–Crippen LogP) is 2.99. The first-order valence-electron chi connectivity index (χ1n) is 2.63. The number of unbranched alkanes of at least 4 members (excludes halogenated alkanes) is 1. The summed E-state index contributed by atoms with van der Waals surface area (Å²) in [6.45, 7) is 2.10. The van der Waals surface area contributed by atoms with E-state index in [1.165, 1.54) is 11.8 Å². The third-order valence-corrected chi connectivity index (χ3v) is 1.85. The van der Waals surface area contributed by atoms with Crippen LogP contribution >= 0.6 is 36.8 Å². The molecular weight excluding hydrogens is 176 g/mol. The molecule has 4 heteroatoms. The summed E-state index contributed by atoms with van der Waals surface area (Å²) in [7, 11) is 0. The minimum atomic E-state index is -0.0709. The van der Waals surface area contributed by atoms with Gasteiger partial charge in [-0.2, -0.15) is 0 Å². The normalized spacial score (nSPS) is 8.22. The van der Waals surface area contributed by atoms with Crippen LogP contribution in [0.25, 0.3) is 0 Å². The second-order valence-electron chi connectivity index (χ2n) is 1.47. The van der Waals surface area contributed by atoms with Gasteiger partial charge in [0.05, 0.1) is 0 Å². The van der Waals surface area contributed by atoms with Crippen molar-refractivity contribution in [3.05, 3.63) is 0 Å². The van der Waals surface area contributed by atoms with Crippen LogP contribution in [0.4, 0.5) is 4.79 Å². The number of halogens is 1. The van der Waals surface area contributed by atoms with Crippen molar-refractivity contribution in [3.8, 4) is 0 Å². The summed E-state index contributed by atoms with van der Waals surface area (Å²) in [6.07, 6.45) is 2.25. The first-order chi connectivity index (χ1) is 3.77. The van der Waals surface area contributed by atoms with Crippen LogP contribution in [0.1, 0.15) is 19.8 Å². The molecule has 0 fully saturated rings. The zero-order valence-electron chi connectivity index (χ0n) is 5.29. The summed E-state index contributed by atoms with van der Waals surface area (Å²) in [5.74, 6) is 0.916. The SMILES string of the molecule is CCCCSC(=O)S.Cl. The van der Waals surface area contributed by atoms with E-state index in [1.807, 2.05) is 0 Å². The van der Waals surface area contributed by atoms with Gasteiger partial charge >= 0.3 is 0 Å². The zero-order valence-corrected chi connectivity index (χ0v) is 7.82. The summed E-state index contributed by atoms with van der Waals surface area (Å²) < 4.78 is -0.0709. The highest BCUT2D eigenvalue weighted by atomic mass is 35.5. The molecule has 0 aromatic rings. The summed E-state index contributed by atoms with van der Waals surface area (Å²) >= 11 is 4.88. The van der Waals surface area contributed by atoms with Crippen LogP contribution in [0.15, 0.2) is 0 Å². The number of carbonyl (C=O) groups is 1. The maximum absolute atomic E-state index is 10.1. The number of hydrogen-bond donors (Lipinski definition) is 1. The molecule has 0 bridgehead atoms. The van der Waals surface area contributed by atoms with Gasteiger partial charge in [-0.15, -0.1) is 12.4 Å². The third-order valence-electron chi connectivity index (χ3n) is 0.723. The van der Waals surface area contributed by atoms with Crippen LogP contribution in [-0.2, 0) is 0 Å². The molecule has 0 saturated heterocycles. The average Bonchev–Trinajstić information content (AvgIpc) is 1.66. The van der Waals surface area contributed by atoms with Crippen molar-refractivity contribution >= 4 is 41.2 Å². The molecule has 56 valence electrons. The largest absolute Gasteiger partial charge is 0.275 e. The Labute approximate surface area is 71.8 Å². The van der Waals surface area contributed by atoms with Gasteiger partial charge in [0.25, 0.3) is 0 Å². The third kappa shape index (κ3) is 12.0. The lowest BCUT2D eigenvalue weighted by molar-refractivity contribution is 0.277. The lowest BCUT2D eigenvalue weighted by Crippen LogP contribution is -1.79. The Morgan fingerprint density at radius 2 is 2.22 bits per heavy atom. The summed E-state index contributed by atoms with van der Waals surface area (Å²) in [4.78, 5) is 10.1. The van der Waals surface area contributed by atoms with Crippen molar-refractivity contribution < 1.29 is 4.79 Å². The summed E-state index contributed by atoms with van der Waals surface area (Å²) in [6, 6.07) is 0. The van der Waals surface area contributed by atoms with Gasteiger partial charge in [-0.3, -0.25) is 4.79 Å². The molecule has 0 aromatic carbocycles. The van der Waals surface area contributed by atoms with E-state index in [4.69, 9.17) is 0 Å². The molecule has 1 nitrogen and oxygen atoms in total. The number of thiol groups is 1. The second kappa shape index (κ2) is 8.66. The molecule has 9 heavy (non-hydrogen) atoms. The molecule has 0 radical (unpaired) electrons. The fourth-order valence-corrected chi connectivity index (χ4v) is 1.19.